The van der Waals surface area contributed by atoms with E-state index in [-0.39, 0.29) is 0 Å². The summed E-state index contributed by atoms with van der Waals surface area (Å²) in [6.07, 6.45) is 8.56. The molecule has 0 aliphatic heterocycles. The lowest BCUT2D eigenvalue weighted by Crippen LogP contribution is -2.31. The smallest absolute Gasteiger partial charge is 0.0740 e. The average Bonchev–Trinajstić information content (AvgIpc) is 3.02. The van der Waals surface area contributed by atoms with Gasteiger partial charge < -0.3 is 5.73 Å². The van der Waals surface area contributed by atoms with E-state index in [4.69, 9.17) is 18.0 Å². The summed E-state index contributed by atoms with van der Waals surface area (Å²) in [6.45, 7) is 2.08. The number of hydrogen-bond acceptors (Lipinski definition) is 3. The van der Waals surface area contributed by atoms with Crippen LogP contribution < -0.4 is 5.73 Å². The van der Waals surface area contributed by atoms with Gasteiger partial charge in [-0.05, 0) is 24.8 Å². The average molecular weight is 252 g/mol. The van der Waals surface area contributed by atoms with Crippen LogP contribution in [0.15, 0.2) is 12.4 Å². The first kappa shape index (κ1) is 12.5. The Kier molecular flexibility index (Phi) is 4.12. The highest BCUT2D eigenvalue weighted by molar-refractivity contribution is 7.80. The fourth-order valence-electron chi connectivity index (χ4n) is 2.04. The number of nitrogens with two attached hydrogens (primary N) is 1. The van der Waals surface area contributed by atoms with E-state index in [2.05, 4.69) is 16.2 Å². The molecule has 17 heavy (non-hydrogen) atoms. The monoisotopic (exact) mass is 252 g/mol. The first-order valence-corrected chi connectivity index (χ1v) is 6.56. The van der Waals surface area contributed by atoms with Crippen molar-refractivity contribution in [2.45, 2.75) is 31.7 Å². The Morgan fingerprint density at radius 1 is 1.59 bits per heavy atom. The van der Waals surface area contributed by atoms with Gasteiger partial charge in [0.2, 0.25) is 0 Å². The number of hydrogen-bond donors (Lipinski definition) is 1. The van der Waals surface area contributed by atoms with E-state index in [0.717, 1.165) is 32.0 Å². The van der Waals surface area contributed by atoms with Gasteiger partial charge in [0.1, 0.15) is 0 Å². The van der Waals surface area contributed by atoms with Crippen LogP contribution in [-0.2, 0) is 13.5 Å². The molecule has 2 N–H and O–H groups in total. The molecule has 5 heteroatoms. The quantitative estimate of drug-likeness (QED) is 0.738. The highest BCUT2D eigenvalue weighted by Gasteiger charge is 2.28. The molecule has 1 saturated carbocycles. The maximum Gasteiger partial charge on any atom is 0.0740 e. The molecule has 0 saturated heterocycles. The number of aryl methyl sites for hydroxylation is 1. The van der Waals surface area contributed by atoms with E-state index < -0.39 is 0 Å². The van der Waals surface area contributed by atoms with Crippen LogP contribution in [0.25, 0.3) is 0 Å². The molecule has 0 unspecified atom stereocenters. The molecule has 0 aromatic carbocycles. The van der Waals surface area contributed by atoms with Gasteiger partial charge in [-0.25, -0.2) is 0 Å². The van der Waals surface area contributed by atoms with Gasteiger partial charge in [0, 0.05) is 38.8 Å². The van der Waals surface area contributed by atoms with Gasteiger partial charge in [0.05, 0.1) is 11.2 Å². The second-order valence-electron chi connectivity index (χ2n) is 4.76. The second-order valence-corrected chi connectivity index (χ2v) is 5.28. The molecule has 1 aliphatic carbocycles. The van der Waals surface area contributed by atoms with Crippen molar-refractivity contribution < 1.29 is 0 Å². The molecule has 1 aliphatic rings. The maximum absolute atomic E-state index is 5.56. The molecule has 4 nitrogen and oxygen atoms in total. The molecule has 1 fully saturated rings. The predicted molar refractivity (Wildman–Crippen MR) is 72.9 cm³/mol. The maximum atomic E-state index is 5.56. The summed E-state index contributed by atoms with van der Waals surface area (Å²) in [5, 5.41) is 4.19. The van der Waals surface area contributed by atoms with Crippen molar-refractivity contribution in [2.24, 2.45) is 12.8 Å². The molecule has 1 heterocycles. The standard InChI is InChI=1S/C12H20N4S/c1-15-9-10(8-14-15)4-6-16(11-2-3-11)7-5-12(13)17/h8-9,11H,2-7H2,1H3,(H2,13,17). The highest BCUT2D eigenvalue weighted by Crippen LogP contribution is 2.27. The first-order valence-electron chi connectivity index (χ1n) is 6.15. The van der Waals surface area contributed by atoms with Crippen molar-refractivity contribution in [3.05, 3.63) is 18.0 Å². The minimum Gasteiger partial charge on any atom is -0.393 e. The van der Waals surface area contributed by atoms with E-state index in [9.17, 15) is 0 Å². The largest absolute Gasteiger partial charge is 0.393 e. The summed E-state index contributed by atoms with van der Waals surface area (Å²) < 4.78 is 1.85. The number of nitrogens with zero attached hydrogens (tertiary/aromatic N) is 3. The molecular formula is C12H20N4S. The third-order valence-electron chi connectivity index (χ3n) is 3.15. The summed E-state index contributed by atoms with van der Waals surface area (Å²) in [6, 6.07) is 0.765. The molecule has 0 amide bonds. The third-order valence-corrected chi connectivity index (χ3v) is 3.36. The SMILES string of the molecule is Cn1cc(CCN(CCC(N)=S)C2CC2)cn1. The summed E-state index contributed by atoms with van der Waals surface area (Å²) >= 11 is 4.94. The summed E-state index contributed by atoms with van der Waals surface area (Å²) in [4.78, 5) is 3.13. The Labute approximate surface area is 108 Å². The Balaban J connectivity index is 1.79. The molecule has 1 aromatic heterocycles. The van der Waals surface area contributed by atoms with Crippen LogP contribution in [0.1, 0.15) is 24.8 Å². The van der Waals surface area contributed by atoms with Crippen molar-refractivity contribution in [1.82, 2.24) is 14.7 Å². The van der Waals surface area contributed by atoms with Gasteiger partial charge in [0.25, 0.3) is 0 Å². The van der Waals surface area contributed by atoms with Crippen molar-refractivity contribution in [1.29, 1.82) is 0 Å². The molecule has 0 spiro atoms. The van der Waals surface area contributed by atoms with Gasteiger partial charge in [-0.15, -0.1) is 0 Å². The molecule has 2 rings (SSSR count). The van der Waals surface area contributed by atoms with Crippen molar-refractivity contribution in [3.8, 4) is 0 Å². The van der Waals surface area contributed by atoms with E-state index >= 15 is 0 Å². The predicted octanol–water partition coefficient (Wildman–Crippen LogP) is 1.10. The Bertz CT molecular complexity index is 384. The van der Waals surface area contributed by atoms with Crippen molar-refractivity contribution in [2.75, 3.05) is 13.1 Å². The number of thiocarbonyl (C=S) groups is 1. The van der Waals surface area contributed by atoms with Gasteiger partial charge >= 0.3 is 0 Å². The van der Waals surface area contributed by atoms with Crippen LogP contribution >= 0.6 is 12.2 Å². The minimum absolute atomic E-state index is 0.622. The van der Waals surface area contributed by atoms with E-state index in [1.54, 1.807) is 0 Å². The Morgan fingerprint density at radius 3 is 2.88 bits per heavy atom. The topological polar surface area (TPSA) is 47.1 Å². The van der Waals surface area contributed by atoms with E-state index in [1.807, 2.05) is 17.9 Å². The summed E-state index contributed by atoms with van der Waals surface area (Å²) in [5.74, 6) is 0. The van der Waals surface area contributed by atoms with Crippen LogP contribution in [0.3, 0.4) is 0 Å². The van der Waals surface area contributed by atoms with Gasteiger partial charge in [0.15, 0.2) is 0 Å². The molecule has 94 valence electrons. The molecule has 0 atom stereocenters. The van der Waals surface area contributed by atoms with Crippen LogP contribution in [0.4, 0.5) is 0 Å². The Morgan fingerprint density at radius 2 is 2.35 bits per heavy atom. The lowest BCUT2D eigenvalue weighted by molar-refractivity contribution is 0.275. The fourth-order valence-corrected chi connectivity index (χ4v) is 2.14. The zero-order chi connectivity index (χ0) is 12.3. The molecule has 0 radical (unpaired) electrons. The lowest BCUT2D eigenvalue weighted by Gasteiger charge is -2.21. The van der Waals surface area contributed by atoms with Crippen LogP contribution in [0, 0.1) is 0 Å². The van der Waals surface area contributed by atoms with Crippen LogP contribution in [0.2, 0.25) is 0 Å². The van der Waals surface area contributed by atoms with E-state index in [0.29, 0.717) is 4.99 Å². The van der Waals surface area contributed by atoms with Crippen molar-refractivity contribution in [3.63, 3.8) is 0 Å². The van der Waals surface area contributed by atoms with Crippen LogP contribution in [-0.4, -0.2) is 38.8 Å². The van der Waals surface area contributed by atoms with Gasteiger partial charge in [-0.2, -0.15) is 5.10 Å². The summed E-state index contributed by atoms with van der Waals surface area (Å²) in [5.41, 5.74) is 6.86. The van der Waals surface area contributed by atoms with Gasteiger partial charge in [-0.3, -0.25) is 9.58 Å². The molecular weight excluding hydrogens is 232 g/mol. The van der Waals surface area contributed by atoms with Gasteiger partial charge in [-0.1, -0.05) is 12.2 Å². The third kappa shape index (κ3) is 4.09. The second kappa shape index (κ2) is 5.60. The number of aromatic nitrogens is 2. The zero-order valence-corrected chi connectivity index (χ0v) is 11.1. The molecule has 1 aromatic rings. The fraction of sp³-hybridized carbons (Fsp3) is 0.667. The van der Waals surface area contributed by atoms with Crippen molar-refractivity contribution >= 4 is 17.2 Å². The highest BCUT2D eigenvalue weighted by atomic mass is 32.1. The molecule has 0 bridgehead atoms. The normalized spacial score (nSPS) is 15.4. The van der Waals surface area contributed by atoms with Crippen LogP contribution in [0.5, 0.6) is 0 Å². The summed E-state index contributed by atoms with van der Waals surface area (Å²) in [7, 11) is 1.95. The zero-order valence-electron chi connectivity index (χ0n) is 10.3. The lowest BCUT2D eigenvalue weighted by atomic mass is 10.2. The number of rotatable bonds is 7. The minimum atomic E-state index is 0.622. The van der Waals surface area contributed by atoms with E-state index in [1.165, 1.54) is 18.4 Å². The first-order chi connectivity index (χ1) is 8.15. The Hall–Kier alpha value is -0.940.